The predicted molar refractivity (Wildman–Crippen MR) is 101 cm³/mol. The summed E-state index contributed by atoms with van der Waals surface area (Å²) in [4.78, 5) is 13.0. The monoisotopic (exact) mass is 378 g/mol. The van der Waals surface area contributed by atoms with E-state index in [1.54, 1.807) is 12.4 Å². The number of hydrogen-bond donors (Lipinski definition) is 1. The molecule has 7 heteroatoms. The van der Waals surface area contributed by atoms with Gasteiger partial charge in [-0.2, -0.15) is 14.8 Å². The highest BCUT2D eigenvalue weighted by molar-refractivity contribution is 6.30. The van der Waals surface area contributed by atoms with Crippen LogP contribution in [-0.4, -0.2) is 36.6 Å². The lowest BCUT2D eigenvalue weighted by Gasteiger charge is -2.09. The minimum Gasteiger partial charge on any atom is -0.246 e. The molecule has 5 rings (SSSR count). The van der Waals surface area contributed by atoms with Crippen LogP contribution in [0.15, 0.2) is 42.7 Å². The van der Waals surface area contributed by atoms with E-state index in [2.05, 4.69) is 20.4 Å². The van der Waals surface area contributed by atoms with Crippen LogP contribution in [0.1, 0.15) is 17.5 Å². The van der Waals surface area contributed by atoms with Gasteiger partial charge in [-0.25, -0.2) is 4.79 Å². The number of aromatic amines is 1. The second-order valence-electron chi connectivity index (χ2n) is 7.14. The number of H-pyrrole nitrogens is 1. The first-order chi connectivity index (χ1) is 13.1. The molecule has 6 nitrogen and oxygen atoms in total. The van der Waals surface area contributed by atoms with Crippen LogP contribution in [0.25, 0.3) is 11.3 Å². The lowest BCUT2D eigenvalue weighted by Crippen LogP contribution is -2.23. The van der Waals surface area contributed by atoms with E-state index in [1.165, 1.54) is 5.71 Å². The van der Waals surface area contributed by atoms with Crippen molar-refractivity contribution in [2.45, 2.75) is 19.8 Å². The molecule has 1 aliphatic carbocycles. The lowest BCUT2D eigenvalue weighted by atomic mass is 9.95. The molecule has 0 bridgehead atoms. The first-order valence-electron chi connectivity index (χ1n) is 8.89. The highest BCUT2D eigenvalue weighted by atomic mass is 35.5. The molecule has 134 valence electrons. The Kier molecular flexibility index (Phi) is 3.68. The van der Waals surface area contributed by atoms with Gasteiger partial charge in [-0.15, -0.1) is 5.10 Å². The van der Waals surface area contributed by atoms with Crippen molar-refractivity contribution in [3.05, 3.63) is 58.9 Å². The van der Waals surface area contributed by atoms with Crippen LogP contribution in [0, 0.1) is 18.8 Å². The molecule has 27 heavy (non-hydrogen) atoms. The summed E-state index contributed by atoms with van der Waals surface area (Å²) < 4.78 is 1.81. The second-order valence-corrected chi connectivity index (χ2v) is 7.57. The van der Waals surface area contributed by atoms with Gasteiger partial charge in [0.25, 0.3) is 0 Å². The molecule has 1 fully saturated rings. The molecular weight excluding hydrogens is 362 g/mol. The number of aryl methyl sites for hydroxylation is 1. The van der Waals surface area contributed by atoms with Crippen LogP contribution in [0.3, 0.4) is 0 Å². The zero-order valence-electron chi connectivity index (χ0n) is 14.7. The zero-order valence-corrected chi connectivity index (χ0v) is 15.4. The maximum absolute atomic E-state index is 13.0. The molecule has 0 spiro atoms. The Balaban J connectivity index is 1.41. The smallest absolute Gasteiger partial charge is 0.246 e. The first-order valence-corrected chi connectivity index (χ1v) is 9.27. The molecule has 1 aromatic carbocycles. The van der Waals surface area contributed by atoms with Crippen molar-refractivity contribution >= 4 is 29.0 Å². The fourth-order valence-electron chi connectivity index (χ4n) is 3.87. The Labute approximate surface area is 160 Å². The number of rotatable bonds is 4. The van der Waals surface area contributed by atoms with Gasteiger partial charge in [-0.3, -0.25) is 0 Å². The number of benzene rings is 1. The number of halogens is 1. The zero-order chi connectivity index (χ0) is 18.5. The van der Waals surface area contributed by atoms with Crippen molar-refractivity contribution in [2.75, 3.05) is 0 Å². The largest absolute Gasteiger partial charge is 0.318 e. The minimum absolute atomic E-state index is 0.0164. The van der Waals surface area contributed by atoms with Crippen molar-refractivity contribution in [3.8, 4) is 11.3 Å². The summed E-state index contributed by atoms with van der Waals surface area (Å²) >= 11 is 5.96. The van der Waals surface area contributed by atoms with Crippen molar-refractivity contribution in [1.82, 2.24) is 20.4 Å². The average molecular weight is 379 g/mol. The van der Waals surface area contributed by atoms with Crippen molar-refractivity contribution in [3.63, 3.8) is 0 Å². The molecule has 3 heterocycles. The van der Waals surface area contributed by atoms with Gasteiger partial charge in [0.2, 0.25) is 0 Å². The SMILES string of the molecule is Cc1cnncc1-c1cc([N+]2=C3CC3C(Cc3ccc(Cl)cc3)C2=O)[nH]n1. The summed E-state index contributed by atoms with van der Waals surface area (Å²) in [6, 6.07) is 9.65. The Morgan fingerprint density at radius 2 is 2.00 bits per heavy atom. The van der Waals surface area contributed by atoms with Crippen LogP contribution in [-0.2, 0) is 11.2 Å². The lowest BCUT2D eigenvalue weighted by molar-refractivity contribution is -0.368. The second kappa shape index (κ2) is 6.09. The van der Waals surface area contributed by atoms with Gasteiger partial charge in [0, 0.05) is 22.9 Å². The maximum Gasteiger partial charge on any atom is 0.318 e. The standard InChI is InChI=1S/C20H17ClN5O/c1-11-9-22-23-10-16(11)17-8-19(25-24-17)26-18-7-14(18)15(20(26)27)6-12-2-4-13(21)5-3-12/h2-5,8-10,14-15H,6-7H2,1H3,(H,24,25)/q+1. The number of carbonyl (C=O) groups excluding carboxylic acids is 1. The van der Waals surface area contributed by atoms with Gasteiger partial charge in [0.15, 0.2) is 0 Å². The van der Waals surface area contributed by atoms with E-state index in [0.29, 0.717) is 10.9 Å². The molecule has 1 N–H and O–H groups in total. The molecule has 1 aliphatic heterocycles. The number of aromatic nitrogens is 4. The van der Waals surface area contributed by atoms with Gasteiger partial charge in [0.05, 0.1) is 30.1 Å². The Bertz CT molecular complexity index is 1090. The van der Waals surface area contributed by atoms with Gasteiger partial charge >= 0.3 is 11.7 Å². The Morgan fingerprint density at radius 1 is 1.22 bits per heavy atom. The van der Waals surface area contributed by atoms with Crippen LogP contribution < -0.4 is 0 Å². The molecule has 0 saturated heterocycles. The van der Waals surface area contributed by atoms with Crippen LogP contribution in [0.2, 0.25) is 5.02 Å². The summed E-state index contributed by atoms with van der Waals surface area (Å²) in [5, 5.41) is 15.9. The molecule has 2 unspecified atom stereocenters. The van der Waals surface area contributed by atoms with E-state index >= 15 is 0 Å². The molecule has 1 saturated carbocycles. The highest BCUT2D eigenvalue weighted by Crippen LogP contribution is 2.44. The number of nitrogens with one attached hydrogen (secondary N) is 1. The van der Waals surface area contributed by atoms with Crippen molar-refractivity contribution in [1.29, 1.82) is 0 Å². The summed E-state index contributed by atoms with van der Waals surface area (Å²) in [6.07, 6.45) is 5.10. The summed E-state index contributed by atoms with van der Waals surface area (Å²) in [5.74, 6) is 1.18. The molecular formula is C20H17ClN5O+. The summed E-state index contributed by atoms with van der Waals surface area (Å²) in [6.45, 7) is 1.97. The fraction of sp³-hybridized carbons (Fsp3) is 0.250. The van der Waals surface area contributed by atoms with Crippen LogP contribution in [0.4, 0.5) is 5.82 Å². The summed E-state index contributed by atoms with van der Waals surface area (Å²) in [5.41, 5.74) is 4.99. The van der Waals surface area contributed by atoms with Crippen molar-refractivity contribution in [2.24, 2.45) is 11.8 Å². The van der Waals surface area contributed by atoms with Gasteiger partial charge < -0.3 is 0 Å². The molecule has 1 amide bonds. The number of amides is 1. The van der Waals surface area contributed by atoms with E-state index in [0.717, 1.165) is 41.0 Å². The van der Waals surface area contributed by atoms with Crippen molar-refractivity contribution < 1.29 is 9.37 Å². The minimum atomic E-state index is -0.0164. The topological polar surface area (TPSA) is 74.5 Å². The number of hydrogen-bond acceptors (Lipinski definition) is 4. The van der Waals surface area contributed by atoms with Gasteiger partial charge in [0.1, 0.15) is 5.69 Å². The Morgan fingerprint density at radius 3 is 2.78 bits per heavy atom. The maximum atomic E-state index is 13.0. The number of fused-ring (bicyclic) bond motifs is 1. The van der Waals surface area contributed by atoms with Crippen LogP contribution in [0.5, 0.6) is 0 Å². The van der Waals surface area contributed by atoms with Gasteiger partial charge in [-0.05, 0) is 36.6 Å². The van der Waals surface area contributed by atoms with Crippen LogP contribution >= 0.6 is 11.6 Å². The third-order valence-electron chi connectivity index (χ3n) is 5.39. The average Bonchev–Trinajstić information content (AvgIpc) is 3.18. The molecule has 3 aromatic rings. The Hall–Kier alpha value is -2.86. The third-order valence-corrected chi connectivity index (χ3v) is 5.64. The fourth-order valence-corrected chi connectivity index (χ4v) is 4.00. The number of nitrogens with zero attached hydrogens (tertiary/aromatic N) is 4. The normalized spacial score (nSPS) is 20.9. The first kappa shape index (κ1) is 16.3. The van der Waals surface area contributed by atoms with Gasteiger partial charge in [-0.1, -0.05) is 28.8 Å². The number of carbonyl (C=O) groups is 1. The molecule has 0 radical (unpaired) electrons. The highest BCUT2D eigenvalue weighted by Gasteiger charge is 2.56. The third kappa shape index (κ3) is 2.77. The quantitative estimate of drug-likeness (QED) is 0.706. The molecule has 2 aliphatic rings. The van der Waals surface area contributed by atoms with E-state index in [-0.39, 0.29) is 11.8 Å². The predicted octanol–water partition coefficient (Wildman–Crippen LogP) is 3.33. The van der Waals surface area contributed by atoms with E-state index in [1.807, 2.05) is 41.8 Å². The van der Waals surface area contributed by atoms with E-state index in [9.17, 15) is 4.79 Å². The molecule has 2 aromatic heterocycles. The molecule has 2 atom stereocenters. The summed E-state index contributed by atoms with van der Waals surface area (Å²) in [7, 11) is 0. The van der Waals surface area contributed by atoms with E-state index < -0.39 is 0 Å². The van der Waals surface area contributed by atoms with E-state index in [4.69, 9.17) is 11.6 Å².